The number of esters is 1. The number of fused-ring (bicyclic) bond motifs is 1. The number of aryl methyl sites for hydroxylation is 1. The van der Waals surface area contributed by atoms with Gasteiger partial charge in [-0.25, -0.2) is 9.36 Å². The van der Waals surface area contributed by atoms with Gasteiger partial charge in [-0.2, -0.15) is 5.09 Å². The third-order valence-electron chi connectivity index (χ3n) is 4.92. The van der Waals surface area contributed by atoms with Crippen molar-refractivity contribution >= 4 is 30.4 Å². The van der Waals surface area contributed by atoms with E-state index >= 15 is 0 Å². The van der Waals surface area contributed by atoms with Crippen LogP contribution in [0.1, 0.15) is 12.5 Å². The zero-order chi connectivity index (χ0) is 24.0. The smallest absolute Gasteiger partial charge is 0.459 e. The third-order valence-corrected chi connectivity index (χ3v) is 6.60. The number of hydrogen-bond acceptors (Lipinski definition) is 8. The van der Waals surface area contributed by atoms with Gasteiger partial charge in [0.1, 0.15) is 17.4 Å². The van der Waals surface area contributed by atoms with Crippen LogP contribution in [0.15, 0.2) is 63.8 Å². The van der Waals surface area contributed by atoms with Gasteiger partial charge in [0, 0.05) is 25.0 Å². The average Bonchev–Trinajstić information content (AvgIpc) is 2.79. The van der Waals surface area contributed by atoms with Crippen molar-refractivity contribution in [1.82, 2.24) is 5.09 Å². The summed E-state index contributed by atoms with van der Waals surface area (Å²) in [6.45, 7) is 3.63. The number of anilines is 1. The van der Waals surface area contributed by atoms with Gasteiger partial charge in [-0.05, 0) is 37.6 Å². The summed E-state index contributed by atoms with van der Waals surface area (Å²) in [5.74, 6) is -0.286. The molecule has 0 amide bonds. The lowest BCUT2D eigenvalue weighted by molar-refractivity contribution is -0.142. The average molecular weight is 474 g/mol. The third kappa shape index (κ3) is 6.22. The molecule has 0 saturated carbocycles. The quantitative estimate of drug-likeness (QED) is 0.266. The van der Waals surface area contributed by atoms with E-state index in [0.29, 0.717) is 17.0 Å². The molecule has 0 radical (unpaired) electrons. The van der Waals surface area contributed by atoms with Gasteiger partial charge in [0.15, 0.2) is 0 Å². The Morgan fingerprint density at radius 3 is 2.61 bits per heavy atom. The second-order valence-electron chi connectivity index (χ2n) is 7.43. The highest BCUT2D eigenvalue weighted by atomic mass is 31.2. The number of nitrogens with zero attached hydrogens (tertiary/aromatic N) is 1. The summed E-state index contributed by atoms with van der Waals surface area (Å²) in [7, 11) is -0.912. The predicted molar refractivity (Wildman–Crippen MR) is 126 cm³/mol. The van der Waals surface area contributed by atoms with Gasteiger partial charge in [-0.15, -0.1) is 0 Å². The SMILES string of the molecule is COC(=O)C(C)NP(=O)(OCCN(C)c1cc(=O)oc2c(C)cccc12)Oc1ccccc1. The highest BCUT2D eigenvalue weighted by molar-refractivity contribution is 7.52. The van der Waals surface area contributed by atoms with Crippen LogP contribution < -0.4 is 20.1 Å². The Labute approximate surface area is 191 Å². The molecule has 0 aliphatic heterocycles. The molecule has 2 unspecified atom stereocenters. The first-order chi connectivity index (χ1) is 15.7. The molecule has 176 valence electrons. The molecule has 2 atom stereocenters. The molecule has 0 fully saturated rings. The molecular formula is C23H27N2O7P. The Hall–Kier alpha value is -3.13. The fourth-order valence-electron chi connectivity index (χ4n) is 3.22. The number of methoxy groups -OCH3 is 1. The summed E-state index contributed by atoms with van der Waals surface area (Å²) in [6, 6.07) is 14.6. The molecule has 1 N–H and O–H groups in total. The minimum absolute atomic E-state index is 0.0188. The van der Waals surface area contributed by atoms with E-state index in [-0.39, 0.29) is 13.2 Å². The van der Waals surface area contributed by atoms with E-state index in [0.717, 1.165) is 10.9 Å². The molecule has 9 nitrogen and oxygen atoms in total. The highest BCUT2D eigenvalue weighted by Gasteiger charge is 2.32. The predicted octanol–water partition coefficient (Wildman–Crippen LogP) is 3.89. The Balaban J connectivity index is 1.76. The minimum Gasteiger partial charge on any atom is -0.468 e. The molecule has 0 aliphatic rings. The van der Waals surface area contributed by atoms with Crippen LogP contribution in [0.25, 0.3) is 11.0 Å². The fraction of sp³-hybridized carbons (Fsp3) is 0.304. The van der Waals surface area contributed by atoms with Gasteiger partial charge in [0.25, 0.3) is 0 Å². The number of carbonyl (C=O) groups is 1. The molecule has 1 aromatic heterocycles. The monoisotopic (exact) mass is 474 g/mol. The van der Waals surface area contributed by atoms with Crippen molar-refractivity contribution in [3.8, 4) is 5.75 Å². The van der Waals surface area contributed by atoms with Crippen LogP contribution in [0.4, 0.5) is 5.69 Å². The van der Waals surface area contributed by atoms with Crippen molar-refractivity contribution in [1.29, 1.82) is 0 Å². The zero-order valence-electron chi connectivity index (χ0n) is 18.9. The van der Waals surface area contributed by atoms with Crippen molar-refractivity contribution < 1.29 is 27.6 Å². The van der Waals surface area contributed by atoms with Gasteiger partial charge >= 0.3 is 19.3 Å². The molecule has 0 bridgehead atoms. The lowest BCUT2D eigenvalue weighted by Gasteiger charge is -2.25. The van der Waals surface area contributed by atoms with E-state index in [9.17, 15) is 14.2 Å². The van der Waals surface area contributed by atoms with Crippen LogP contribution in [-0.2, 0) is 18.6 Å². The van der Waals surface area contributed by atoms with E-state index in [1.165, 1.54) is 20.1 Å². The van der Waals surface area contributed by atoms with Gasteiger partial charge < -0.3 is 18.6 Å². The number of benzene rings is 2. The number of nitrogens with one attached hydrogen (secondary N) is 1. The summed E-state index contributed by atoms with van der Waals surface area (Å²) >= 11 is 0. The summed E-state index contributed by atoms with van der Waals surface area (Å²) in [5, 5.41) is 3.38. The first kappa shape index (κ1) is 24.5. The van der Waals surface area contributed by atoms with Crippen LogP contribution >= 0.6 is 7.75 Å². The molecule has 3 aromatic rings. The first-order valence-corrected chi connectivity index (χ1v) is 11.9. The first-order valence-electron chi connectivity index (χ1n) is 10.3. The van der Waals surface area contributed by atoms with Gasteiger partial charge in [0.2, 0.25) is 0 Å². The molecule has 3 rings (SSSR count). The van der Waals surface area contributed by atoms with Crippen LogP contribution in [0.3, 0.4) is 0 Å². The molecule has 0 aliphatic carbocycles. The summed E-state index contributed by atoms with van der Waals surface area (Å²) < 4.78 is 34.7. The number of hydrogen-bond donors (Lipinski definition) is 1. The zero-order valence-corrected chi connectivity index (χ0v) is 19.8. The Kier molecular flexibility index (Phi) is 7.92. The van der Waals surface area contributed by atoms with Crippen molar-refractivity contribution in [2.24, 2.45) is 0 Å². The molecule has 0 spiro atoms. The second-order valence-corrected chi connectivity index (χ2v) is 9.13. The van der Waals surface area contributed by atoms with Crippen LogP contribution in [0.2, 0.25) is 0 Å². The Bertz CT molecular complexity index is 1210. The lowest BCUT2D eigenvalue weighted by Crippen LogP contribution is -2.35. The molecular weight excluding hydrogens is 447 g/mol. The molecule has 0 saturated heterocycles. The maximum Gasteiger partial charge on any atom is 0.459 e. The Morgan fingerprint density at radius 1 is 1.18 bits per heavy atom. The van der Waals surface area contributed by atoms with Crippen molar-refractivity contribution in [3.05, 3.63) is 70.6 Å². The van der Waals surface area contributed by atoms with Gasteiger partial charge in [-0.1, -0.05) is 30.3 Å². The van der Waals surface area contributed by atoms with Crippen molar-refractivity contribution in [3.63, 3.8) is 0 Å². The maximum atomic E-state index is 13.4. The number of rotatable bonds is 10. The second kappa shape index (κ2) is 10.7. The summed E-state index contributed by atoms with van der Waals surface area (Å²) in [5.41, 5.74) is 1.55. The molecule has 1 heterocycles. The van der Waals surface area contributed by atoms with Crippen LogP contribution in [0.5, 0.6) is 5.75 Å². The van der Waals surface area contributed by atoms with Crippen LogP contribution in [-0.4, -0.2) is 39.3 Å². The van der Waals surface area contributed by atoms with Crippen LogP contribution in [0, 0.1) is 6.92 Å². The lowest BCUT2D eigenvalue weighted by atomic mass is 10.1. The maximum absolute atomic E-state index is 13.4. The van der Waals surface area contributed by atoms with E-state index in [4.69, 9.17) is 13.5 Å². The molecule has 2 aromatic carbocycles. The van der Waals surface area contributed by atoms with E-state index < -0.39 is 25.4 Å². The normalized spacial score (nSPS) is 13.8. The highest BCUT2D eigenvalue weighted by Crippen LogP contribution is 2.44. The summed E-state index contributed by atoms with van der Waals surface area (Å²) in [4.78, 5) is 25.7. The fourth-order valence-corrected chi connectivity index (χ4v) is 4.70. The Morgan fingerprint density at radius 2 is 1.91 bits per heavy atom. The number of likely N-dealkylation sites (N-methyl/N-ethyl adjacent to an activating group) is 1. The number of para-hydroxylation sites is 2. The number of carbonyl (C=O) groups excluding carboxylic acids is 1. The summed E-state index contributed by atoms with van der Waals surface area (Å²) in [6.07, 6.45) is 0. The molecule has 10 heteroatoms. The standard InChI is InChI=1S/C23H27N2O7P/c1-16-9-8-12-19-20(15-21(26)31-22(16)19)25(3)13-14-30-33(28,24-17(2)23(27)29-4)32-18-10-6-5-7-11-18/h5-12,15,17H,13-14H2,1-4H3,(H,24,28). The van der Waals surface area contributed by atoms with Crippen molar-refractivity contribution in [2.45, 2.75) is 19.9 Å². The molecule has 33 heavy (non-hydrogen) atoms. The largest absolute Gasteiger partial charge is 0.468 e. The minimum atomic E-state index is -3.94. The number of ether oxygens (including phenoxy) is 1. The van der Waals surface area contributed by atoms with E-state index in [2.05, 4.69) is 9.82 Å². The van der Waals surface area contributed by atoms with Crippen molar-refractivity contribution in [2.75, 3.05) is 32.2 Å². The van der Waals surface area contributed by atoms with E-state index in [1.54, 1.807) is 42.3 Å². The van der Waals surface area contributed by atoms with Gasteiger partial charge in [-0.3, -0.25) is 9.32 Å². The topological polar surface area (TPSA) is 107 Å². The van der Waals surface area contributed by atoms with Gasteiger partial charge in [0.05, 0.1) is 19.4 Å². The van der Waals surface area contributed by atoms with E-state index in [1.807, 2.05) is 25.1 Å².